The molecule has 2 heterocycles. The van der Waals surface area contributed by atoms with Crippen LogP contribution in [0.1, 0.15) is 17.2 Å². The van der Waals surface area contributed by atoms with Crippen molar-refractivity contribution in [2.75, 3.05) is 32.3 Å². The second kappa shape index (κ2) is 9.47. The highest BCUT2D eigenvalue weighted by molar-refractivity contribution is 6.51. The topological polar surface area (TPSA) is 94.5 Å². The largest absolute Gasteiger partial charge is 0.507 e. The predicted molar refractivity (Wildman–Crippen MR) is 133 cm³/mol. The van der Waals surface area contributed by atoms with Crippen molar-refractivity contribution in [1.29, 1.82) is 0 Å². The van der Waals surface area contributed by atoms with Gasteiger partial charge in [0.2, 0.25) is 0 Å². The van der Waals surface area contributed by atoms with Crippen molar-refractivity contribution in [2.24, 2.45) is 0 Å². The van der Waals surface area contributed by atoms with Crippen LogP contribution < -0.4 is 23.8 Å². The number of carbonyl (C=O) groups excluding carboxylic acids is 2. The summed E-state index contributed by atoms with van der Waals surface area (Å²) in [6, 6.07) is 15.7. The quantitative estimate of drug-likeness (QED) is 0.302. The molecule has 0 spiro atoms. The number of ketones is 1. The molecule has 1 fully saturated rings. The number of ether oxygens (including phenoxy) is 4. The SMILES string of the molecule is COc1ccc(/C(O)=C2\C(=O)C(=O)N(c3ccc4c(c3)OCCO4)C2c2ccccc2OC)cc1Cl. The average molecular weight is 508 g/mol. The van der Waals surface area contributed by atoms with E-state index < -0.39 is 17.7 Å². The van der Waals surface area contributed by atoms with Crippen LogP contribution >= 0.6 is 11.6 Å². The molecule has 9 heteroatoms. The molecule has 3 aromatic rings. The zero-order valence-corrected chi connectivity index (χ0v) is 20.2. The molecule has 2 aliphatic rings. The highest BCUT2D eigenvalue weighted by Crippen LogP contribution is 2.46. The number of anilines is 1. The van der Waals surface area contributed by atoms with Crippen LogP contribution in [0, 0.1) is 0 Å². The first-order valence-corrected chi connectivity index (χ1v) is 11.5. The predicted octanol–water partition coefficient (Wildman–Crippen LogP) is 4.75. The van der Waals surface area contributed by atoms with Gasteiger partial charge in [-0.1, -0.05) is 29.8 Å². The van der Waals surface area contributed by atoms with Gasteiger partial charge in [0.05, 0.1) is 30.9 Å². The van der Waals surface area contributed by atoms with E-state index in [0.29, 0.717) is 47.5 Å². The molecule has 0 aromatic heterocycles. The van der Waals surface area contributed by atoms with Crippen molar-refractivity contribution in [1.82, 2.24) is 0 Å². The Morgan fingerprint density at radius 3 is 2.39 bits per heavy atom. The number of halogens is 1. The highest BCUT2D eigenvalue weighted by Gasteiger charge is 2.48. The van der Waals surface area contributed by atoms with Gasteiger partial charge in [0.15, 0.2) is 11.5 Å². The summed E-state index contributed by atoms with van der Waals surface area (Å²) >= 11 is 6.27. The second-order valence-corrected chi connectivity index (χ2v) is 8.50. The van der Waals surface area contributed by atoms with Crippen molar-refractivity contribution in [3.05, 3.63) is 82.4 Å². The van der Waals surface area contributed by atoms with Gasteiger partial charge in [-0.25, -0.2) is 0 Å². The summed E-state index contributed by atoms with van der Waals surface area (Å²) in [5.74, 6) is -0.149. The number of fused-ring (bicyclic) bond motifs is 1. The van der Waals surface area contributed by atoms with Crippen LogP contribution in [0.4, 0.5) is 5.69 Å². The van der Waals surface area contributed by atoms with E-state index in [1.165, 1.54) is 25.2 Å². The van der Waals surface area contributed by atoms with Crippen molar-refractivity contribution in [3.8, 4) is 23.0 Å². The van der Waals surface area contributed by atoms with Gasteiger partial charge in [-0.2, -0.15) is 0 Å². The van der Waals surface area contributed by atoms with Crippen LogP contribution in [-0.2, 0) is 9.59 Å². The minimum atomic E-state index is -0.982. The third-order valence-electron chi connectivity index (χ3n) is 6.11. The van der Waals surface area contributed by atoms with E-state index in [1.54, 1.807) is 54.6 Å². The molecule has 1 amide bonds. The van der Waals surface area contributed by atoms with Crippen molar-refractivity contribution in [2.45, 2.75) is 6.04 Å². The van der Waals surface area contributed by atoms with E-state index in [9.17, 15) is 14.7 Å². The Bertz CT molecular complexity index is 1400. The van der Waals surface area contributed by atoms with Crippen LogP contribution in [0.2, 0.25) is 5.02 Å². The van der Waals surface area contributed by atoms with E-state index in [1.807, 2.05) is 0 Å². The molecule has 1 saturated heterocycles. The third-order valence-corrected chi connectivity index (χ3v) is 6.40. The molecular weight excluding hydrogens is 486 g/mol. The summed E-state index contributed by atoms with van der Waals surface area (Å²) in [5, 5.41) is 11.6. The molecule has 0 saturated carbocycles. The lowest BCUT2D eigenvalue weighted by atomic mass is 9.94. The molecule has 1 unspecified atom stereocenters. The first kappa shape index (κ1) is 23.6. The molecule has 8 nitrogen and oxygen atoms in total. The van der Waals surface area contributed by atoms with Gasteiger partial charge in [-0.05, 0) is 36.4 Å². The smallest absolute Gasteiger partial charge is 0.300 e. The number of hydrogen-bond acceptors (Lipinski definition) is 7. The fraction of sp³-hybridized carbons (Fsp3) is 0.185. The van der Waals surface area contributed by atoms with Gasteiger partial charge in [0, 0.05) is 22.9 Å². The Kier molecular flexibility index (Phi) is 6.20. The first-order valence-electron chi connectivity index (χ1n) is 11.1. The Morgan fingerprint density at radius 1 is 0.944 bits per heavy atom. The highest BCUT2D eigenvalue weighted by atomic mass is 35.5. The molecule has 5 rings (SSSR count). The maximum Gasteiger partial charge on any atom is 0.300 e. The van der Waals surface area contributed by atoms with Gasteiger partial charge in [-0.3, -0.25) is 14.5 Å². The van der Waals surface area contributed by atoms with Crippen molar-refractivity contribution >= 4 is 34.7 Å². The number of Topliss-reactive ketones (excluding diaryl/α,β-unsaturated/α-hetero) is 1. The van der Waals surface area contributed by atoms with Crippen LogP contribution in [0.5, 0.6) is 23.0 Å². The normalized spacial score (nSPS) is 18.3. The molecule has 1 atom stereocenters. The Labute approximate surface area is 212 Å². The minimum Gasteiger partial charge on any atom is -0.507 e. The molecule has 2 aliphatic heterocycles. The summed E-state index contributed by atoms with van der Waals surface area (Å²) in [7, 11) is 2.97. The average Bonchev–Trinajstić information content (AvgIpc) is 3.17. The number of amides is 1. The Balaban J connectivity index is 1.72. The lowest BCUT2D eigenvalue weighted by Gasteiger charge is -2.28. The minimum absolute atomic E-state index is 0.0966. The standard InChI is InChI=1S/C27H22ClNO7/c1-33-19-6-4-3-5-17(19)24-23(25(30)15-7-9-20(34-2)18(28)13-15)26(31)27(32)29(24)16-8-10-21-22(14-16)36-12-11-35-21/h3-10,13-14,24,30H,11-12H2,1-2H3/b25-23+. The maximum absolute atomic E-state index is 13.4. The number of para-hydroxylation sites is 1. The number of benzene rings is 3. The van der Waals surface area contributed by atoms with E-state index in [-0.39, 0.29) is 21.9 Å². The monoisotopic (exact) mass is 507 g/mol. The van der Waals surface area contributed by atoms with Gasteiger partial charge in [0.25, 0.3) is 11.7 Å². The van der Waals surface area contributed by atoms with Crippen molar-refractivity contribution in [3.63, 3.8) is 0 Å². The molecule has 1 N–H and O–H groups in total. The summed E-state index contributed by atoms with van der Waals surface area (Å²) in [6.45, 7) is 0.784. The second-order valence-electron chi connectivity index (χ2n) is 8.09. The molecule has 3 aromatic carbocycles. The number of hydrogen-bond donors (Lipinski definition) is 1. The van der Waals surface area contributed by atoms with Crippen molar-refractivity contribution < 1.29 is 33.6 Å². The number of aliphatic hydroxyl groups is 1. The van der Waals surface area contributed by atoms with Crippen LogP contribution in [0.3, 0.4) is 0 Å². The molecule has 36 heavy (non-hydrogen) atoms. The fourth-order valence-electron chi connectivity index (χ4n) is 4.44. The van der Waals surface area contributed by atoms with Crippen LogP contribution in [0.25, 0.3) is 5.76 Å². The fourth-order valence-corrected chi connectivity index (χ4v) is 4.69. The number of rotatable bonds is 5. The van der Waals surface area contributed by atoms with Gasteiger partial charge in [-0.15, -0.1) is 0 Å². The summed E-state index contributed by atoms with van der Waals surface area (Å²) < 4.78 is 22.0. The van der Waals surface area contributed by atoms with Crippen LogP contribution in [0.15, 0.2) is 66.2 Å². The summed E-state index contributed by atoms with van der Waals surface area (Å²) in [6.07, 6.45) is 0. The Morgan fingerprint density at radius 2 is 1.67 bits per heavy atom. The zero-order valence-electron chi connectivity index (χ0n) is 19.5. The van der Waals surface area contributed by atoms with E-state index in [0.717, 1.165) is 0 Å². The van der Waals surface area contributed by atoms with Gasteiger partial charge >= 0.3 is 0 Å². The lowest BCUT2D eigenvalue weighted by molar-refractivity contribution is -0.132. The number of methoxy groups -OCH3 is 2. The van der Waals surface area contributed by atoms with Crippen LogP contribution in [-0.4, -0.2) is 44.2 Å². The van der Waals surface area contributed by atoms with Gasteiger partial charge < -0.3 is 24.1 Å². The van der Waals surface area contributed by atoms with E-state index in [4.69, 9.17) is 30.5 Å². The molecule has 184 valence electrons. The molecular formula is C27H22ClNO7. The number of nitrogens with zero attached hydrogens (tertiary/aromatic N) is 1. The molecule has 0 bridgehead atoms. The number of carbonyl (C=O) groups is 2. The van der Waals surface area contributed by atoms with E-state index >= 15 is 0 Å². The van der Waals surface area contributed by atoms with E-state index in [2.05, 4.69) is 0 Å². The first-order chi connectivity index (χ1) is 17.4. The third kappa shape index (κ3) is 3.89. The summed E-state index contributed by atoms with van der Waals surface area (Å²) in [5.41, 5.74) is 1.10. The van der Waals surface area contributed by atoms with Gasteiger partial charge in [0.1, 0.15) is 30.5 Å². The number of aliphatic hydroxyl groups excluding tert-OH is 1. The Hall–Kier alpha value is -4.17. The molecule has 0 radical (unpaired) electrons. The maximum atomic E-state index is 13.4. The molecule has 0 aliphatic carbocycles. The summed E-state index contributed by atoms with van der Waals surface area (Å²) in [4.78, 5) is 28.2. The lowest BCUT2D eigenvalue weighted by Crippen LogP contribution is -2.30. The zero-order chi connectivity index (χ0) is 25.4.